The van der Waals surface area contributed by atoms with Crippen molar-refractivity contribution in [1.82, 2.24) is 4.90 Å². The van der Waals surface area contributed by atoms with Gasteiger partial charge in [0, 0.05) is 30.1 Å². The van der Waals surface area contributed by atoms with Crippen molar-refractivity contribution in [2.24, 2.45) is 5.92 Å². The fourth-order valence-corrected chi connectivity index (χ4v) is 5.41. The summed E-state index contributed by atoms with van der Waals surface area (Å²) in [6.45, 7) is 0.784. The molecule has 0 saturated heterocycles. The van der Waals surface area contributed by atoms with Crippen molar-refractivity contribution < 1.29 is 26.7 Å². The number of sulfonamides is 1. The highest BCUT2D eigenvalue weighted by atomic mass is 32.2. The molecule has 0 saturated carbocycles. The Morgan fingerprint density at radius 3 is 2.52 bits per heavy atom. The van der Waals surface area contributed by atoms with E-state index in [0.29, 0.717) is 5.56 Å². The van der Waals surface area contributed by atoms with E-state index in [9.17, 15) is 26.7 Å². The maximum absolute atomic E-state index is 12.3. The summed E-state index contributed by atoms with van der Waals surface area (Å²) in [7, 11) is 0.0121. The minimum Gasteiger partial charge on any atom is -0.508 e. The highest BCUT2D eigenvalue weighted by molar-refractivity contribution is 7.92. The quantitative estimate of drug-likeness (QED) is 0.580. The van der Waals surface area contributed by atoms with Crippen LogP contribution < -0.4 is 4.72 Å². The molecule has 0 unspecified atom stereocenters. The molecule has 5 nitrogen and oxygen atoms in total. The first kappa shape index (κ1) is 23.4. The lowest BCUT2D eigenvalue weighted by Gasteiger charge is -2.25. The second-order valence-electron chi connectivity index (χ2n) is 8.32. The van der Waals surface area contributed by atoms with Crippen LogP contribution in [0.15, 0.2) is 42.5 Å². The van der Waals surface area contributed by atoms with E-state index >= 15 is 0 Å². The van der Waals surface area contributed by atoms with Crippen LogP contribution >= 0.6 is 0 Å². The van der Waals surface area contributed by atoms with Gasteiger partial charge in [0.05, 0.1) is 5.75 Å². The van der Waals surface area contributed by atoms with Crippen molar-refractivity contribution in [1.29, 1.82) is 0 Å². The summed E-state index contributed by atoms with van der Waals surface area (Å²) in [6.07, 6.45) is -5.21. The molecule has 0 heterocycles. The van der Waals surface area contributed by atoms with Gasteiger partial charge in [-0.25, -0.2) is 8.42 Å². The Bertz CT molecular complexity index is 1020. The molecule has 2 N–H and O–H groups in total. The largest absolute Gasteiger partial charge is 0.508 e. The molecule has 1 aliphatic carbocycles. The number of halogens is 3. The fourth-order valence-electron chi connectivity index (χ4n) is 4.30. The average Bonchev–Trinajstić information content (AvgIpc) is 2.98. The maximum atomic E-state index is 12.3. The number of aromatic hydroxyl groups is 1. The third kappa shape index (κ3) is 6.13. The summed E-state index contributed by atoms with van der Waals surface area (Å²) in [5.41, 5.74) is 3.12. The van der Waals surface area contributed by atoms with E-state index < -0.39 is 34.8 Å². The van der Waals surface area contributed by atoms with E-state index in [0.717, 1.165) is 18.5 Å². The summed E-state index contributed by atoms with van der Waals surface area (Å²) in [6, 6.07) is 12.4. The van der Waals surface area contributed by atoms with Gasteiger partial charge < -0.3 is 10.0 Å². The number of phenolic OH excluding ortho intramolecular Hbond substituents is 1. The summed E-state index contributed by atoms with van der Waals surface area (Å²) in [5, 5.41) is 10.6. The van der Waals surface area contributed by atoms with E-state index in [1.54, 1.807) is 6.07 Å². The van der Waals surface area contributed by atoms with Crippen molar-refractivity contribution in [3.63, 3.8) is 0 Å². The van der Waals surface area contributed by atoms with Gasteiger partial charge in [-0.3, -0.25) is 4.72 Å². The Morgan fingerprint density at radius 1 is 1.13 bits per heavy atom. The molecule has 0 spiro atoms. The Morgan fingerprint density at radius 2 is 1.84 bits per heavy atom. The molecule has 9 heteroatoms. The monoisotopic (exact) mass is 456 g/mol. The van der Waals surface area contributed by atoms with Crippen LogP contribution in [0.5, 0.6) is 5.75 Å². The molecular weight excluding hydrogens is 429 g/mol. The molecule has 2 atom stereocenters. The topological polar surface area (TPSA) is 69.6 Å². The summed E-state index contributed by atoms with van der Waals surface area (Å²) in [5.74, 6) is -0.492. The molecule has 0 aliphatic heterocycles. The zero-order valence-electron chi connectivity index (χ0n) is 17.5. The number of hydrogen-bond donors (Lipinski definition) is 2. The van der Waals surface area contributed by atoms with Crippen LogP contribution in [-0.4, -0.2) is 51.0 Å². The molecule has 0 amide bonds. The van der Waals surface area contributed by atoms with Crippen LogP contribution in [0.1, 0.15) is 35.4 Å². The molecular formula is C22H27F3N2O3S. The van der Waals surface area contributed by atoms with Gasteiger partial charge in [-0.2, -0.15) is 13.2 Å². The van der Waals surface area contributed by atoms with E-state index in [4.69, 9.17) is 0 Å². The number of hydrogen-bond acceptors (Lipinski definition) is 4. The van der Waals surface area contributed by atoms with Crippen LogP contribution in [0, 0.1) is 5.92 Å². The number of nitrogens with one attached hydrogen (secondary N) is 1. The van der Waals surface area contributed by atoms with Crippen molar-refractivity contribution in [3.8, 4) is 5.75 Å². The molecule has 0 radical (unpaired) electrons. The second-order valence-corrected chi connectivity index (χ2v) is 10.2. The lowest BCUT2D eigenvalue weighted by molar-refractivity contribution is -0.134. The van der Waals surface area contributed by atoms with Crippen molar-refractivity contribution in [3.05, 3.63) is 59.2 Å². The molecule has 170 valence electrons. The van der Waals surface area contributed by atoms with Gasteiger partial charge in [0.25, 0.3) is 0 Å². The molecule has 2 aromatic rings. The number of anilines is 1. The van der Waals surface area contributed by atoms with Gasteiger partial charge in [-0.15, -0.1) is 0 Å². The highest BCUT2D eigenvalue weighted by Crippen LogP contribution is 2.46. The zero-order chi connectivity index (χ0) is 22.8. The molecule has 0 bridgehead atoms. The number of rotatable bonds is 8. The van der Waals surface area contributed by atoms with Gasteiger partial charge in [-0.05, 0) is 62.2 Å². The summed E-state index contributed by atoms with van der Waals surface area (Å²) in [4.78, 5) is 2.08. The normalized spacial score (nSPS) is 18.9. The Balaban J connectivity index is 1.86. The molecule has 31 heavy (non-hydrogen) atoms. The van der Waals surface area contributed by atoms with Crippen LogP contribution in [0.25, 0.3) is 0 Å². The van der Waals surface area contributed by atoms with Gasteiger partial charge in [0.1, 0.15) is 5.75 Å². The average molecular weight is 457 g/mol. The van der Waals surface area contributed by atoms with Crippen LogP contribution in [0.3, 0.4) is 0 Å². The van der Waals surface area contributed by atoms with Crippen LogP contribution in [0.4, 0.5) is 18.9 Å². The number of phenols is 1. The minimum absolute atomic E-state index is 0.0606. The molecule has 0 aromatic heterocycles. The minimum atomic E-state index is -4.39. The standard InChI is InChI=1S/C22H27F3N2O3S/c1-27(2)14-16-12-15-6-3-4-7-18(15)21(16)19-13-17(8-9-20(19)28)26-31(29,30)11-5-10-22(23,24)25/h3-4,6-9,13,16,21,26,28H,5,10-12,14H2,1-2H3/t16-,21-/m0/s1. The molecule has 1 aliphatic rings. The lowest BCUT2D eigenvalue weighted by Crippen LogP contribution is -2.25. The van der Waals surface area contributed by atoms with Gasteiger partial charge >= 0.3 is 6.18 Å². The number of nitrogens with zero attached hydrogens (tertiary/aromatic N) is 1. The summed E-state index contributed by atoms with van der Waals surface area (Å²) >= 11 is 0. The predicted octanol–water partition coefficient (Wildman–Crippen LogP) is 4.34. The Kier molecular flexibility index (Phi) is 6.85. The smallest absolute Gasteiger partial charge is 0.389 e. The first-order chi connectivity index (χ1) is 14.5. The van der Waals surface area contributed by atoms with E-state index in [1.165, 1.54) is 17.7 Å². The molecule has 0 fully saturated rings. The first-order valence-electron chi connectivity index (χ1n) is 10.1. The van der Waals surface area contributed by atoms with Crippen LogP contribution in [0.2, 0.25) is 0 Å². The predicted molar refractivity (Wildman–Crippen MR) is 115 cm³/mol. The summed E-state index contributed by atoms with van der Waals surface area (Å²) < 4.78 is 63.9. The van der Waals surface area contributed by atoms with E-state index in [2.05, 4.69) is 15.7 Å². The fraction of sp³-hybridized carbons (Fsp3) is 0.455. The third-order valence-corrected chi connectivity index (χ3v) is 6.83. The zero-order valence-corrected chi connectivity index (χ0v) is 18.3. The number of benzene rings is 2. The number of alkyl halides is 3. The first-order valence-corrected chi connectivity index (χ1v) is 11.7. The van der Waals surface area contributed by atoms with Crippen LogP contribution in [-0.2, 0) is 16.4 Å². The van der Waals surface area contributed by atoms with Crippen molar-refractivity contribution in [2.75, 3.05) is 31.1 Å². The number of fused-ring (bicyclic) bond motifs is 1. The van der Waals surface area contributed by atoms with E-state index in [-0.39, 0.29) is 23.3 Å². The van der Waals surface area contributed by atoms with E-state index in [1.807, 2.05) is 32.3 Å². The third-order valence-electron chi connectivity index (χ3n) is 5.45. The Hall–Kier alpha value is -2.26. The van der Waals surface area contributed by atoms with Crippen molar-refractivity contribution >= 4 is 15.7 Å². The molecule has 3 rings (SSSR count). The van der Waals surface area contributed by atoms with Crippen molar-refractivity contribution in [2.45, 2.75) is 31.4 Å². The second kappa shape index (κ2) is 9.08. The maximum Gasteiger partial charge on any atom is 0.389 e. The molecule has 2 aromatic carbocycles. The van der Waals surface area contributed by atoms with Gasteiger partial charge in [-0.1, -0.05) is 24.3 Å². The highest BCUT2D eigenvalue weighted by Gasteiger charge is 2.35. The van der Waals surface area contributed by atoms with Gasteiger partial charge in [0.2, 0.25) is 10.0 Å². The Labute approximate surface area is 180 Å². The SMILES string of the molecule is CN(C)C[C@@H]1Cc2ccccc2[C@H]1c1cc(NS(=O)(=O)CCCC(F)(F)F)ccc1O. The van der Waals surface area contributed by atoms with Gasteiger partial charge in [0.15, 0.2) is 0 Å². The lowest BCUT2D eigenvalue weighted by atomic mass is 9.85.